The quantitative estimate of drug-likeness (QED) is 0.736. The van der Waals surface area contributed by atoms with E-state index in [0.717, 1.165) is 49.8 Å². The van der Waals surface area contributed by atoms with Gasteiger partial charge in [-0.1, -0.05) is 0 Å². The molecule has 3 aromatic rings. The molecule has 2 heterocycles. The highest BCUT2D eigenvalue weighted by Crippen LogP contribution is 2.23. The maximum absolute atomic E-state index is 13.4. The van der Waals surface area contributed by atoms with Gasteiger partial charge in [0.15, 0.2) is 11.6 Å². The van der Waals surface area contributed by atoms with Crippen molar-refractivity contribution < 1.29 is 13.2 Å². The van der Waals surface area contributed by atoms with Crippen molar-refractivity contribution in [3.05, 3.63) is 72.3 Å². The van der Waals surface area contributed by atoms with E-state index in [1.54, 1.807) is 18.2 Å². The predicted molar refractivity (Wildman–Crippen MR) is 102 cm³/mol. The average Bonchev–Trinajstić information content (AvgIpc) is 2.72. The first-order valence-corrected chi connectivity index (χ1v) is 8.88. The van der Waals surface area contributed by atoms with E-state index in [4.69, 9.17) is 0 Å². The van der Waals surface area contributed by atoms with Crippen molar-refractivity contribution in [2.24, 2.45) is 0 Å². The van der Waals surface area contributed by atoms with Gasteiger partial charge in [0.25, 0.3) is 0 Å². The van der Waals surface area contributed by atoms with Gasteiger partial charge >= 0.3 is 0 Å². The lowest BCUT2D eigenvalue weighted by atomic mass is 10.2. The summed E-state index contributed by atoms with van der Waals surface area (Å²) < 4.78 is 39.5. The van der Waals surface area contributed by atoms with Crippen molar-refractivity contribution in [2.75, 3.05) is 41.3 Å². The third-order valence-electron chi connectivity index (χ3n) is 4.64. The molecular formula is C20H18F3N5. The van der Waals surface area contributed by atoms with Crippen molar-refractivity contribution in [1.29, 1.82) is 0 Å². The number of rotatable bonds is 4. The summed E-state index contributed by atoms with van der Waals surface area (Å²) in [6, 6.07) is 11.8. The minimum Gasteiger partial charge on any atom is -0.368 e. The van der Waals surface area contributed by atoms with Crippen LogP contribution < -0.4 is 15.1 Å². The van der Waals surface area contributed by atoms with Crippen molar-refractivity contribution >= 4 is 23.0 Å². The van der Waals surface area contributed by atoms with Gasteiger partial charge in [0, 0.05) is 49.7 Å². The van der Waals surface area contributed by atoms with Crippen LogP contribution in [0.1, 0.15) is 0 Å². The summed E-state index contributed by atoms with van der Waals surface area (Å²) in [5.41, 5.74) is 1.40. The fraction of sp³-hybridized carbons (Fsp3) is 0.200. The number of halogens is 3. The number of piperazine rings is 1. The van der Waals surface area contributed by atoms with Crippen LogP contribution in [0.2, 0.25) is 0 Å². The summed E-state index contributed by atoms with van der Waals surface area (Å²) >= 11 is 0. The normalized spacial score (nSPS) is 14.2. The summed E-state index contributed by atoms with van der Waals surface area (Å²) in [6.45, 7) is 3.06. The molecule has 0 aliphatic carbocycles. The molecule has 1 fully saturated rings. The van der Waals surface area contributed by atoms with E-state index in [9.17, 15) is 13.2 Å². The Bertz CT molecular complexity index is 956. The summed E-state index contributed by atoms with van der Waals surface area (Å²) in [5.74, 6) is -0.815. The number of nitrogens with one attached hydrogen (secondary N) is 1. The van der Waals surface area contributed by atoms with E-state index in [1.165, 1.54) is 24.5 Å². The monoisotopic (exact) mass is 385 g/mol. The van der Waals surface area contributed by atoms with Gasteiger partial charge in [0.1, 0.15) is 23.8 Å². The van der Waals surface area contributed by atoms with Crippen LogP contribution in [0, 0.1) is 17.5 Å². The van der Waals surface area contributed by atoms with Crippen molar-refractivity contribution in [2.45, 2.75) is 0 Å². The Morgan fingerprint density at radius 1 is 0.750 bits per heavy atom. The van der Waals surface area contributed by atoms with Gasteiger partial charge in [0.2, 0.25) is 0 Å². The molecule has 0 atom stereocenters. The maximum Gasteiger partial charge on any atom is 0.160 e. The van der Waals surface area contributed by atoms with Crippen molar-refractivity contribution in [1.82, 2.24) is 9.97 Å². The Labute approximate surface area is 160 Å². The Hall–Kier alpha value is -3.29. The molecule has 8 heteroatoms. The molecule has 1 aliphatic rings. The zero-order valence-corrected chi connectivity index (χ0v) is 14.9. The van der Waals surface area contributed by atoms with Gasteiger partial charge in [-0.2, -0.15) is 0 Å². The standard InChI is InChI=1S/C20H18F3N5/c21-14-1-4-16(5-2-14)27-7-9-28(10-8-27)20-12-19(24-13-25-20)26-15-3-6-17(22)18(23)11-15/h1-6,11-13H,7-10H2,(H,24,25,26). The van der Waals surface area contributed by atoms with Gasteiger partial charge in [-0.25, -0.2) is 23.1 Å². The fourth-order valence-corrected chi connectivity index (χ4v) is 3.16. The lowest BCUT2D eigenvalue weighted by Gasteiger charge is -2.36. The second kappa shape index (κ2) is 7.75. The number of hydrogen-bond donors (Lipinski definition) is 1. The third-order valence-corrected chi connectivity index (χ3v) is 4.64. The highest BCUT2D eigenvalue weighted by atomic mass is 19.2. The molecule has 0 spiro atoms. The molecule has 1 N–H and O–H groups in total. The van der Waals surface area contributed by atoms with E-state index in [2.05, 4.69) is 25.1 Å². The largest absolute Gasteiger partial charge is 0.368 e. The van der Waals surface area contributed by atoms with Crippen LogP contribution in [0.4, 0.5) is 36.2 Å². The topological polar surface area (TPSA) is 44.3 Å². The first-order chi connectivity index (χ1) is 13.6. The second-order valence-corrected chi connectivity index (χ2v) is 6.47. The summed E-state index contributed by atoms with van der Waals surface area (Å²) in [5, 5.41) is 2.96. The Morgan fingerprint density at radius 2 is 1.46 bits per heavy atom. The van der Waals surface area contributed by atoms with E-state index in [-0.39, 0.29) is 5.82 Å². The minimum atomic E-state index is -0.920. The van der Waals surface area contributed by atoms with Crippen LogP contribution >= 0.6 is 0 Å². The molecule has 2 aromatic carbocycles. The number of aromatic nitrogens is 2. The Kier molecular flexibility index (Phi) is 5.01. The lowest BCUT2D eigenvalue weighted by Crippen LogP contribution is -2.46. The highest BCUT2D eigenvalue weighted by molar-refractivity contribution is 5.60. The number of hydrogen-bond acceptors (Lipinski definition) is 5. The maximum atomic E-state index is 13.4. The molecule has 28 heavy (non-hydrogen) atoms. The summed E-state index contributed by atoms with van der Waals surface area (Å²) in [6.07, 6.45) is 1.43. The minimum absolute atomic E-state index is 0.246. The molecule has 4 rings (SSSR count). The van der Waals surface area contributed by atoms with Gasteiger partial charge in [-0.15, -0.1) is 0 Å². The smallest absolute Gasteiger partial charge is 0.160 e. The van der Waals surface area contributed by atoms with Crippen LogP contribution in [0.5, 0.6) is 0 Å². The molecular weight excluding hydrogens is 367 g/mol. The molecule has 5 nitrogen and oxygen atoms in total. The summed E-state index contributed by atoms with van der Waals surface area (Å²) in [7, 11) is 0. The molecule has 1 aromatic heterocycles. The third kappa shape index (κ3) is 4.00. The Balaban J connectivity index is 1.42. The molecule has 1 saturated heterocycles. The first-order valence-electron chi connectivity index (χ1n) is 8.88. The van der Waals surface area contributed by atoms with Crippen molar-refractivity contribution in [3.8, 4) is 0 Å². The van der Waals surface area contributed by atoms with E-state index in [1.807, 2.05) is 0 Å². The predicted octanol–water partition coefficient (Wildman–Crippen LogP) is 3.96. The van der Waals surface area contributed by atoms with Gasteiger partial charge < -0.3 is 15.1 Å². The van der Waals surface area contributed by atoms with Crippen LogP contribution in [-0.4, -0.2) is 36.1 Å². The molecule has 0 saturated carbocycles. The van der Waals surface area contributed by atoms with Gasteiger partial charge in [0.05, 0.1) is 0 Å². The number of nitrogens with zero attached hydrogens (tertiary/aromatic N) is 4. The average molecular weight is 385 g/mol. The first kappa shape index (κ1) is 18.1. The zero-order valence-electron chi connectivity index (χ0n) is 14.9. The van der Waals surface area contributed by atoms with E-state index >= 15 is 0 Å². The SMILES string of the molecule is Fc1ccc(N2CCN(c3cc(Nc4ccc(F)c(F)c4)ncn3)CC2)cc1. The van der Waals surface area contributed by atoms with E-state index < -0.39 is 11.6 Å². The number of benzene rings is 2. The second-order valence-electron chi connectivity index (χ2n) is 6.47. The zero-order chi connectivity index (χ0) is 19.5. The van der Waals surface area contributed by atoms with Gasteiger partial charge in [-0.05, 0) is 36.4 Å². The fourth-order valence-electron chi connectivity index (χ4n) is 3.16. The molecule has 0 amide bonds. The molecule has 1 aliphatic heterocycles. The molecule has 0 unspecified atom stereocenters. The van der Waals surface area contributed by atoms with Crippen LogP contribution in [0.25, 0.3) is 0 Å². The van der Waals surface area contributed by atoms with E-state index in [0.29, 0.717) is 11.5 Å². The molecule has 0 bridgehead atoms. The number of anilines is 4. The molecule has 0 radical (unpaired) electrons. The lowest BCUT2D eigenvalue weighted by molar-refractivity contribution is 0.509. The van der Waals surface area contributed by atoms with Crippen LogP contribution in [0.15, 0.2) is 54.9 Å². The molecule has 144 valence electrons. The van der Waals surface area contributed by atoms with Crippen LogP contribution in [-0.2, 0) is 0 Å². The van der Waals surface area contributed by atoms with Crippen molar-refractivity contribution in [3.63, 3.8) is 0 Å². The van der Waals surface area contributed by atoms with Crippen LogP contribution in [0.3, 0.4) is 0 Å². The van der Waals surface area contributed by atoms with Gasteiger partial charge in [-0.3, -0.25) is 0 Å². The summed E-state index contributed by atoms with van der Waals surface area (Å²) in [4.78, 5) is 12.8. The highest BCUT2D eigenvalue weighted by Gasteiger charge is 2.19. The Morgan fingerprint density at radius 3 is 2.18 bits per heavy atom.